The van der Waals surface area contributed by atoms with Crippen LogP contribution >= 0.6 is 0 Å². The highest BCUT2D eigenvalue weighted by Gasteiger charge is 2.28. The SMILES string of the molecule is CC1CCN(S(=O)(=O)c2ccc(C(=O)Nc3ccncc3[N+](=O)[O-])cc2)CC1. The van der Waals surface area contributed by atoms with E-state index in [1.807, 2.05) is 0 Å². The molecule has 1 aliphatic heterocycles. The number of rotatable bonds is 5. The van der Waals surface area contributed by atoms with Crippen molar-refractivity contribution in [2.24, 2.45) is 5.92 Å². The summed E-state index contributed by atoms with van der Waals surface area (Å²) in [5.41, 5.74) is -0.115. The fraction of sp³-hybridized carbons (Fsp3) is 0.333. The summed E-state index contributed by atoms with van der Waals surface area (Å²) in [7, 11) is -3.60. The molecular weight excluding hydrogens is 384 g/mol. The molecule has 0 bridgehead atoms. The van der Waals surface area contributed by atoms with Crippen LogP contribution in [0.25, 0.3) is 0 Å². The van der Waals surface area contributed by atoms with Crippen LogP contribution in [0, 0.1) is 16.0 Å². The zero-order valence-electron chi connectivity index (χ0n) is 15.2. The Morgan fingerprint density at radius 3 is 2.46 bits per heavy atom. The number of anilines is 1. The van der Waals surface area contributed by atoms with Crippen LogP contribution in [0.5, 0.6) is 0 Å². The number of hydrogen-bond acceptors (Lipinski definition) is 6. The highest BCUT2D eigenvalue weighted by Crippen LogP contribution is 2.25. The minimum absolute atomic E-state index is 0.0177. The molecule has 0 aliphatic carbocycles. The number of carbonyl (C=O) groups is 1. The quantitative estimate of drug-likeness (QED) is 0.604. The Labute approximate surface area is 162 Å². The van der Waals surface area contributed by atoms with Crippen LogP contribution in [0.15, 0.2) is 47.6 Å². The van der Waals surface area contributed by atoms with Gasteiger partial charge in [-0.3, -0.25) is 19.9 Å². The van der Waals surface area contributed by atoms with Gasteiger partial charge in [-0.2, -0.15) is 4.31 Å². The summed E-state index contributed by atoms with van der Waals surface area (Å²) < 4.78 is 26.9. The van der Waals surface area contributed by atoms with Crippen LogP contribution in [0.4, 0.5) is 11.4 Å². The predicted molar refractivity (Wildman–Crippen MR) is 102 cm³/mol. The minimum Gasteiger partial charge on any atom is -0.316 e. The van der Waals surface area contributed by atoms with Crippen molar-refractivity contribution >= 4 is 27.3 Å². The van der Waals surface area contributed by atoms with Gasteiger partial charge in [-0.05, 0) is 49.1 Å². The van der Waals surface area contributed by atoms with E-state index in [2.05, 4.69) is 17.2 Å². The number of aromatic nitrogens is 1. The van der Waals surface area contributed by atoms with Crippen molar-refractivity contribution in [3.05, 3.63) is 58.4 Å². The third-order valence-electron chi connectivity index (χ3n) is 4.74. The van der Waals surface area contributed by atoms with Gasteiger partial charge in [0.15, 0.2) is 0 Å². The van der Waals surface area contributed by atoms with E-state index in [-0.39, 0.29) is 21.8 Å². The van der Waals surface area contributed by atoms with Crippen molar-refractivity contribution in [1.29, 1.82) is 0 Å². The number of pyridine rings is 1. The highest BCUT2D eigenvalue weighted by atomic mass is 32.2. The molecule has 0 saturated carbocycles. The number of benzene rings is 1. The lowest BCUT2D eigenvalue weighted by Crippen LogP contribution is -2.37. The van der Waals surface area contributed by atoms with Crippen molar-refractivity contribution in [1.82, 2.24) is 9.29 Å². The standard InChI is InChI=1S/C18H20N4O5S/c1-13-7-10-21(11-8-13)28(26,27)15-4-2-14(3-5-15)18(23)20-16-6-9-19-12-17(16)22(24)25/h2-6,9,12-13H,7-8,10-11H2,1H3,(H,19,20,23). The van der Waals surface area contributed by atoms with E-state index >= 15 is 0 Å². The summed E-state index contributed by atoms with van der Waals surface area (Å²) in [6.07, 6.45) is 4.03. The van der Waals surface area contributed by atoms with Gasteiger partial charge in [-0.15, -0.1) is 0 Å². The first-order valence-electron chi connectivity index (χ1n) is 8.79. The fourth-order valence-corrected chi connectivity index (χ4v) is 4.45. The molecule has 1 aromatic carbocycles. The number of piperidine rings is 1. The second-order valence-corrected chi connectivity index (χ2v) is 8.65. The second-order valence-electron chi connectivity index (χ2n) is 6.72. The largest absolute Gasteiger partial charge is 0.316 e. The molecule has 1 fully saturated rings. The van der Waals surface area contributed by atoms with Gasteiger partial charge >= 0.3 is 5.69 Å². The van der Waals surface area contributed by atoms with Gasteiger partial charge in [0.05, 0.1) is 9.82 Å². The molecule has 0 radical (unpaired) electrons. The Hall–Kier alpha value is -2.85. The van der Waals surface area contributed by atoms with Gasteiger partial charge in [-0.25, -0.2) is 8.42 Å². The minimum atomic E-state index is -3.60. The van der Waals surface area contributed by atoms with Gasteiger partial charge in [-0.1, -0.05) is 6.92 Å². The smallest absolute Gasteiger partial charge is 0.310 e. The Morgan fingerprint density at radius 1 is 1.21 bits per heavy atom. The van der Waals surface area contributed by atoms with Crippen LogP contribution in [-0.4, -0.2) is 41.6 Å². The average Bonchev–Trinajstić information content (AvgIpc) is 2.68. The summed E-state index contributed by atoms with van der Waals surface area (Å²) in [5, 5.41) is 13.5. The first-order valence-corrected chi connectivity index (χ1v) is 10.2. The molecule has 0 unspecified atom stereocenters. The monoisotopic (exact) mass is 404 g/mol. The molecule has 1 amide bonds. The number of hydrogen-bond donors (Lipinski definition) is 1. The molecule has 1 N–H and O–H groups in total. The van der Waals surface area contributed by atoms with Crippen molar-refractivity contribution in [2.45, 2.75) is 24.7 Å². The van der Waals surface area contributed by atoms with E-state index in [1.54, 1.807) is 0 Å². The van der Waals surface area contributed by atoms with Crippen LogP contribution in [0.3, 0.4) is 0 Å². The summed E-state index contributed by atoms with van der Waals surface area (Å²) in [6, 6.07) is 6.86. The van der Waals surface area contributed by atoms with E-state index in [9.17, 15) is 23.3 Å². The number of nitrogens with zero attached hydrogens (tertiary/aromatic N) is 3. The van der Waals surface area contributed by atoms with Crippen molar-refractivity contribution in [2.75, 3.05) is 18.4 Å². The Morgan fingerprint density at radius 2 is 1.86 bits per heavy atom. The number of carbonyl (C=O) groups excluding carboxylic acids is 1. The second kappa shape index (κ2) is 8.03. The van der Waals surface area contributed by atoms with E-state index < -0.39 is 20.9 Å². The average molecular weight is 404 g/mol. The van der Waals surface area contributed by atoms with Gasteiger partial charge in [0, 0.05) is 24.8 Å². The summed E-state index contributed by atoms with van der Waals surface area (Å²) >= 11 is 0. The Bertz CT molecular complexity index is 983. The molecule has 1 aliphatic rings. The van der Waals surface area contributed by atoms with Gasteiger partial charge in [0.25, 0.3) is 5.91 Å². The molecular formula is C18H20N4O5S. The Kier molecular flexibility index (Phi) is 5.71. The molecule has 2 heterocycles. The maximum atomic E-state index is 12.7. The number of amides is 1. The number of nitrogens with one attached hydrogen (secondary N) is 1. The molecule has 9 nitrogen and oxygen atoms in total. The van der Waals surface area contributed by atoms with E-state index in [0.717, 1.165) is 19.0 Å². The molecule has 2 aromatic rings. The lowest BCUT2D eigenvalue weighted by molar-refractivity contribution is -0.384. The zero-order chi connectivity index (χ0) is 20.3. The van der Waals surface area contributed by atoms with E-state index in [4.69, 9.17) is 0 Å². The lowest BCUT2D eigenvalue weighted by atomic mass is 10.0. The normalized spacial score (nSPS) is 15.9. The summed E-state index contributed by atoms with van der Waals surface area (Å²) in [5.74, 6) is -0.0696. The highest BCUT2D eigenvalue weighted by molar-refractivity contribution is 7.89. The molecule has 1 saturated heterocycles. The van der Waals surface area contributed by atoms with E-state index in [1.165, 1.54) is 40.8 Å². The van der Waals surface area contributed by atoms with Crippen LogP contribution in [-0.2, 0) is 10.0 Å². The van der Waals surface area contributed by atoms with Crippen molar-refractivity contribution < 1.29 is 18.1 Å². The topological polar surface area (TPSA) is 123 Å². The van der Waals surface area contributed by atoms with E-state index in [0.29, 0.717) is 19.0 Å². The third kappa shape index (κ3) is 4.18. The van der Waals surface area contributed by atoms with Gasteiger partial charge in [0.2, 0.25) is 10.0 Å². The number of nitro groups is 1. The molecule has 0 atom stereocenters. The fourth-order valence-electron chi connectivity index (χ4n) is 2.98. The van der Waals surface area contributed by atoms with Crippen LogP contribution in [0.1, 0.15) is 30.1 Å². The lowest BCUT2D eigenvalue weighted by Gasteiger charge is -2.29. The molecule has 10 heteroatoms. The maximum absolute atomic E-state index is 12.7. The zero-order valence-corrected chi connectivity index (χ0v) is 16.1. The summed E-state index contributed by atoms with van der Waals surface area (Å²) in [6.45, 7) is 3.07. The van der Waals surface area contributed by atoms with Crippen LogP contribution in [0.2, 0.25) is 0 Å². The molecule has 0 spiro atoms. The first-order chi connectivity index (χ1) is 13.3. The number of sulfonamides is 1. The molecule has 148 valence electrons. The molecule has 3 rings (SSSR count). The van der Waals surface area contributed by atoms with Crippen molar-refractivity contribution in [3.8, 4) is 0 Å². The van der Waals surface area contributed by atoms with Gasteiger partial charge < -0.3 is 5.32 Å². The van der Waals surface area contributed by atoms with Gasteiger partial charge in [0.1, 0.15) is 11.9 Å². The third-order valence-corrected chi connectivity index (χ3v) is 6.65. The predicted octanol–water partition coefficient (Wildman–Crippen LogP) is 2.66. The maximum Gasteiger partial charge on any atom is 0.310 e. The molecule has 28 heavy (non-hydrogen) atoms. The van der Waals surface area contributed by atoms with Crippen LogP contribution < -0.4 is 5.32 Å². The summed E-state index contributed by atoms with van der Waals surface area (Å²) in [4.78, 5) is 26.5. The van der Waals surface area contributed by atoms with Crippen molar-refractivity contribution in [3.63, 3.8) is 0 Å². The Balaban J connectivity index is 1.75. The molecule has 1 aromatic heterocycles. The first kappa shape index (κ1) is 19.9.